The van der Waals surface area contributed by atoms with E-state index in [2.05, 4.69) is 20.4 Å². The van der Waals surface area contributed by atoms with Gasteiger partial charge in [-0.15, -0.1) is 16.4 Å². The summed E-state index contributed by atoms with van der Waals surface area (Å²) in [5, 5.41) is 8.77. The van der Waals surface area contributed by atoms with Gasteiger partial charge < -0.3 is 10.1 Å². The van der Waals surface area contributed by atoms with Crippen LogP contribution in [0.3, 0.4) is 0 Å². The van der Waals surface area contributed by atoms with Crippen LogP contribution < -0.4 is 5.32 Å². The van der Waals surface area contributed by atoms with Crippen molar-refractivity contribution in [1.82, 2.24) is 24.9 Å². The van der Waals surface area contributed by atoms with Gasteiger partial charge in [-0.05, 0) is 38.3 Å². The average Bonchev–Trinajstić information content (AvgIpc) is 3.21. The predicted octanol–water partition coefficient (Wildman–Crippen LogP) is 1.84. The van der Waals surface area contributed by atoms with Gasteiger partial charge >= 0.3 is 5.97 Å². The molecule has 0 aliphatic carbocycles. The molecule has 1 atom stereocenters. The van der Waals surface area contributed by atoms with Crippen molar-refractivity contribution in [3.63, 3.8) is 0 Å². The minimum Gasteiger partial charge on any atom is -0.450 e. The first kappa shape index (κ1) is 17.0. The van der Waals surface area contributed by atoms with E-state index >= 15 is 0 Å². The van der Waals surface area contributed by atoms with Gasteiger partial charge in [0.05, 0.1) is 6.04 Å². The lowest BCUT2D eigenvalue weighted by molar-refractivity contribution is -0.124. The third kappa shape index (κ3) is 3.82. The van der Waals surface area contributed by atoms with Crippen LogP contribution in [0, 0.1) is 13.8 Å². The number of ether oxygens (including phenoxy) is 1. The zero-order valence-corrected chi connectivity index (χ0v) is 14.8. The largest absolute Gasteiger partial charge is 0.450 e. The molecular weight excluding hydrogens is 342 g/mol. The van der Waals surface area contributed by atoms with Crippen molar-refractivity contribution in [3.8, 4) is 0 Å². The zero-order chi connectivity index (χ0) is 18.0. The highest BCUT2D eigenvalue weighted by atomic mass is 32.1. The maximum atomic E-state index is 12.1. The molecule has 3 aromatic heterocycles. The van der Waals surface area contributed by atoms with Gasteiger partial charge in [0, 0.05) is 16.3 Å². The lowest BCUT2D eigenvalue weighted by Gasteiger charge is -2.11. The number of nitrogens with one attached hydrogen (secondary N) is 1. The Hall–Kier alpha value is -2.81. The first-order valence-electron chi connectivity index (χ1n) is 7.65. The summed E-state index contributed by atoms with van der Waals surface area (Å²) in [6.45, 7) is 5.14. The molecule has 25 heavy (non-hydrogen) atoms. The Balaban J connectivity index is 1.61. The number of hydrogen-bond donors (Lipinski definition) is 1. The molecule has 0 radical (unpaired) electrons. The molecule has 0 bridgehead atoms. The maximum absolute atomic E-state index is 12.1. The SMILES string of the molecule is Cc1cc(C)n2nc(C(=O)OCC(=O)N[C@H](C)c3cccs3)nc2n1. The second kappa shape index (κ2) is 6.98. The van der Waals surface area contributed by atoms with Crippen molar-refractivity contribution in [1.29, 1.82) is 0 Å². The minimum absolute atomic E-state index is 0.125. The van der Waals surface area contributed by atoms with Crippen molar-refractivity contribution < 1.29 is 14.3 Å². The van der Waals surface area contributed by atoms with Crippen LogP contribution in [0.25, 0.3) is 5.78 Å². The van der Waals surface area contributed by atoms with Crippen molar-refractivity contribution in [2.24, 2.45) is 0 Å². The number of amides is 1. The van der Waals surface area contributed by atoms with Gasteiger partial charge in [-0.25, -0.2) is 14.3 Å². The maximum Gasteiger partial charge on any atom is 0.378 e. The van der Waals surface area contributed by atoms with E-state index in [-0.39, 0.29) is 17.8 Å². The van der Waals surface area contributed by atoms with Crippen molar-refractivity contribution in [2.45, 2.75) is 26.8 Å². The van der Waals surface area contributed by atoms with E-state index < -0.39 is 12.6 Å². The van der Waals surface area contributed by atoms with Gasteiger partial charge in [-0.3, -0.25) is 4.79 Å². The zero-order valence-electron chi connectivity index (χ0n) is 14.0. The fourth-order valence-electron chi connectivity index (χ4n) is 2.34. The van der Waals surface area contributed by atoms with E-state index in [1.807, 2.05) is 44.4 Å². The van der Waals surface area contributed by atoms with Crippen molar-refractivity contribution in [2.75, 3.05) is 6.61 Å². The third-order valence-electron chi connectivity index (χ3n) is 3.48. The number of fused-ring (bicyclic) bond motifs is 1. The Morgan fingerprint density at radius 3 is 2.88 bits per heavy atom. The van der Waals surface area contributed by atoms with Crippen LogP contribution in [0.4, 0.5) is 0 Å². The normalized spacial score (nSPS) is 12.1. The quantitative estimate of drug-likeness (QED) is 0.698. The fraction of sp³-hybridized carbons (Fsp3) is 0.312. The number of hydrogen-bond acceptors (Lipinski definition) is 7. The highest BCUT2D eigenvalue weighted by Gasteiger charge is 2.18. The van der Waals surface area contributed by atoms with Crippen LogP contribution in [0.2, 0.25) is 0 Å². The molecule has 0 unspecified atom stereocenters. The molecule has 1 amide bonds. The van der Waals surface area contributed by atoms with E-state index in [4.69, 9.17) is 4.74 Å². The summed E-state index contributed by atoms with van der Waals surface area (Å²) in [6.07, 6.45) is 0. The van der Waals surface area contributed by atoms with E-state index in [1.165, 1.54) is 4.52 Å². The molecule has 0 aliphatic rings. The van der Waals surface area contributed by atoms with Crippen LogP contribution in [0.1, 0.15) is 39.8 Å². The number of carbonyl (C=O) groups excluding carboxylic acids is 2. The lowest BCUT2D eigenvalue weighted by atomic mass is 10.3. The summed E-state index contributed by atoms with van der Waals surface area (Å²) in [6, 6.07) is 5.53. The molecule has 130 valence electrons. The second-order valence-electron chi connectivity index (χ2n) is 5.57. The summed E-state index contributed by atoms with van der Waals surface area (Å²) in [5.41, 5.74) is 1.58. The first-order valence-corrected chi connectivity index (χ1v) is 8.53. The molecule has 8 nitrogen and oxygen atoms in total. The molecule has 3 rings (SSSR count). The molecule has 0 saturated heterocycles. The van der Waals surface area contributed by atoms with Crippen LogP contribution >= 0.6 is 11.3 Å². The molecule has 0 spiro atoms. The molecule has 1 N–H and O–H groups in total. The summed E-state index contributed by atoms with van der Waals surface area (Å²) < 4.78 is 6.45. The smallest absolute Gasteiger partial charge is 0.378 e. The van der Waals surface area contributed by atoms with Gasteiger partial charge in [0.25, 0.3) is 17.5 Å². The number of nitrogens with zero attached hydrogens (tertiary/aromatic N) is 4. The molecule has 9 heteroatoms. The Bertz CT molecular complexity index is 919. The predicted molar refractivity (Wildman–Crippen MR) is 91.4 cm³/mol. The van der Waals surface area contributed by atoms with Crippen LogP contribution in [0.15, 0.2) is 23.6 Å². The van der Waals surface area contributed by atoms with E-state index in [9.17, 15) is 9.59 Å². The number of rotatable bonds is 5. The van der Waals surface area contributed by atoms with Gasteiger partial charge in [-0.2, -0.15) is 4.98 Å². The van der Waals surface area contributed by atoms with E-state index in [0.717, 1.165) is 16.3 Å². The number of carbonyl (C=O) groups is 2. The minimum atomic E-state index is -0.763. The van der Waals surface area contributed by atoms with Gasteiger partial charge in [0.2, 0.25) is 0 Å². The molecule has 0 aliphatic heterocycles. The Labute approximate surface area is 147 Å². The second-order valence-corrected chi connectivity index (χ2v) is 6.55. The number of thiophene rings is 1. The number of aryl methyl sites for hydroxylation is 2. The molecule has 0 aromatic carbocycles. The van der Waals surface area contributed by atoms with Gasteiger partial charge in [-0.1, -0.05) is 6.07 Å². The highest BCUT2D eigenvalue weighted by molar-refractivity contribution is 7.10. The Morgan fingerprint density at radius 2 is 2.16 bits per heavy atom. The van der Waals surface area contributed by atoms with Crippen LogP contribution in [-0.2, 0) is 9.53 Å². The molecule has 3 aromatic rings. The topological polar surface area (TPSA) is 98.5 Å². The summed E-state index contributed by atoms with van der Waals surface area (Å²) in [7, 11) is 0. The van der Waals surface area contributed by atoms with Crippen molar-refractivity contribution in [3.05, 3.63) is 45.7 Å². The molecular formula is C16H17N5O3S. The third-order valence-corrected chi connectivity index (χ3v) is 4.54. The molecule has 0 fully saturated rings. The standard InChI is InChI=1S/C16H17N5O3S/c1-9-7-10(2)21-16(17-9)19-14(20-21)15(23)24-8-13(22)18-11(3)12-5-4-6-25-12/h4-7,11H,8H2,1-3H3,(H,18,22)/t11-/m1/s1. The fourth-order valence-corrected chi connectivity index (χ4v) is 3.07. The van der Waals surface area contributed by atoms with Gasteiger partial charge in [0.15, 0.2) is 6.61 Å². The van der Waals surface area contributed by atoms with Crippen LogP contribution in [-0.4, -0.2) is 38.1 Å². The Morgan fingerprint density at radius 1 is 1.36 bits per heavy atom. The van der Waals surface area contributed by atoms with Gasteiger partial charge in [0.1, 0.15) is 0 Å². The summed E-state index contributed by atoms with van der Waals surface area (Å²) in [4.78, 5) is 33.3. The monoisotopic (exact) mass is 359 g/mol. The summed E-state index contributed by atoms with van der Waals surface area (Å²) >= 11 is 1.55. The van der Waals surface area contributed by atoms with Crippen molar-refractivity contribution >= 4 is 29.0 Å². The summed E-state index contributed by atoms with van der Waals surface area (Å²) in [5.74, 6) is -0.954. The van der Waals surface area contributed by atoms with E-state index in [1.54, 1.807) is 11.3 Å². The van der Waals surface area contributed by atoms with E-state index in [0.29, 0.717) is 5.78 Å². The first-order chi connectivity index (χ1) is 11.9. The number of aromatic nitrogens is 4. The molecule has 3 heterocycles. The van der Waals surface area contributed by atoms with Crippen LogP contribution in [0.5, 0.6) is 0 Å². The Kier molecular flexibility index (Phi) is 4.75. The number of esters is 1. The average molecular weight is 359 g/mol. The molecule has 0 saturated carbocycles. The lowest BCUT2D eigenvalue weighted by Crippen LogP contribution is -2.30. The highest BCUT2D eigenvalue weighted by Crippen LogP contribution is 2.17.